The van der Waals surface area contributed by atoms with Crippen LogP contribution in [0.15, 0.2) is 23.2 Å². The van der Waals surface area contributed by atoms with Gasteiger partial charge in [-0.15, -0.1) is 24.0 Å². The van der Waals surface area contributed by atoms with Crippen LogP contribution in [0.3, 0.4) is 0 Å². The number of hydrogen-bond donors (Lipinski definition) is 2. The minimum Gasteiger partial charge on any atom is -0.381 e. The van der Waals surface area contributed by atoms with Gasteiger partial charge in [-0.1, -0.05) is 0 Å². The average Bonchev–Trinajstić information content (AvgIpc) is 2.65. The molecule has 27 heavy (non-hydrogen) atoms. The Morgan fingerprint density at radius 2 is 2.04 bits per heavy atom. The van der Waals surface area contributed by atoms with Crippen molar-refractivity contribution < 1.29 is 18.3 Å². The predicted octanol–water partition coefficient (Wildman–Crippen LogP) is 3.47. The number of rotatable bonds is 9. The Balaban J connectivity index is 0.00000364. The Kier molecular flexibility index (Phi) is 12.5. The maximum Gasteiger partial charge on any atom is 0.191 e. The van der Waals surface area contributed by atoms with E-state index in [9.17, 15) is 8.78 Å². The molecule has 8 heteroatoms. The van der Waals surface area contributed by atoms with Crippen molar-refractivity contribution in [1.29, 1.82) is 0 Å². The molecule has 1 heterocycles. The van der Waals surface area contributed by atoms with E-state index in [1.165, 1.54) is 6.07 Å². The minimum atomic E-state index is -0.462. The molecule has 0 unspecified atom stereocenters. The van der Waals surface area contributed by atoms with Crippen LogP contribution in [0.4, 0.5) is 8.78 Å². The molecule has 0 spiro atoms. The highest BCUT2D eigenvalue weighted by Crippen LogP contribution is 2.14. The fraction of sp³-hybridized carbons (Fsp3) is 0.632. The second-order valence-corrected chi connectivity index (χ2v) is 6.34. The predicted molar refractivity (Wildman–Crippen MR) is 114 cm³/mol. The van der Waals surface area contributed by atoms with E-state index in [4.69, 9.17) is 9.47 Å². The van der Waals surface area contributed by atoms with Gasteiger partial charge < -0.3 is 20.1 Å². The van der Waals surface area contributed by atoms with Gasteiger partial charge in [0.1, 0.15) is 11.6 Å². The summed E-state index contributed by atoms with van der Waals surface area (Å²) in [6.45, 7) is 6.58. The first-order chi connectivity index (χ1) is 12.7. The molecule has 0 radical (unpaired) electrons. The molecule has 1 fully saturated rings. The number of nitrogens with one attached hydrogen (secondary N) is 2. The number of nitrogens with zero attached hydrogens (tertiary/aromatic N) is 1. The largest absolute Gasteiger partial charge is 0.381 e. The van der Waals surface area contributed by atoms with Crippen LogP contribution < -0.4 is 10.6 Å². The van der Waals surface area contributed by atoms with Crippen LogP contribution in [0, 0.1) is 17.6 Å². The maximum absolute atomic E-state index is 13.6. The molecule has 0 aliphatic carbocycles. The fourth-order valence-corrected chi connectivity index (χ4v) is 2.71. The van der Waals surface area contributed by atoms with Gasteiger partial charge in [0.25, 0.3) is 0 Å². The molecule has 0 atom stereocenters. The van der Waals surface area contributed by atoms with Gasteiger partial charge in [-0.05, 0) is 50.3 Å². The first-order valence-electron chi connectivity index (χ1n) is 9.30. The fourth-order valence-electron chi connectivity index (χ4n) is 2.71. The standard InChI is InChI=1S/C19H29F2N3O2.HI/c1-2-22-19(24-13-16-12-17(20)4-5-18(16)21)23-8-3-9-26-14-15-6-10-25-11-7-15;/h4-5,12,15H,2-3,6-11,13-14H2,1H3,(H2,22,23,24);1H. The molecule has 0 aromatic heterocycles. The molecule has 0 saturated carbocycles. The summed E-state index contributed by atoms with van der Waals surface area (Å²) < 4.78 is 37.9. The summed E-state index contributed by atoms with van der Waals surface area (Å²) in [4.78, 5) is 4.31. The average molecular weight is 497 g/mol. The van der Waals surface area contributed by atoms with Crippen LogP contribution in [-0.4, -0.2) is 45.5 Å². The summed E-state index contributed by atoms with van der Waals surface area (Å²) in [5.41, 5.74) is 0.238. The summed E-state index contributed by atoms with van der Waals surface area (Å²) in [6.07, 6.45) is 3.00. The highest BCUT2D eigenvalue weighted by molar-refractivity contribution is 14.0. The van der Waals surface area contributed by atoms with E-state index in [-0.39, 0.29) is 36.1 Å². The van der Waals surface area contributed by atoms with Crippen LogP contribution in [0.1, 0.15) is 31.7 Å². The number of halogens is 3. The van der Waals surface area contributed by atoms with E-state index in [1.807, 2.05) is 6.92 Å². The van der Waals surface area contributed by atoms with Gasteiger partial charge in [0.2, 0.25) is 0 Å². The van der Waals surface area contributed by atoms with Crippen molar-refractivity contribution in [3.05, 3.63) is 35.4 Å². The number of ether oxygens (including phenoxy) is 2. The summed E-state index contributed by atoms with van der Waals surface area (Å²) in [5.74, 6) is 0.279. The van der Waals surface area contributed by atoms with Crippen LogP contribution in [-0.2, 0) is 16.0 Å². The zero-order chi connectivity index (χ0) is 18.6. The third-order valence-corrected chi connectivity index (χ3v) is 4.21. The van der Waals surface area contributed by atoms with Crippen molar-refractivity contribution in [3.8, 4) is 0 Å². The summed E-state index contributed by atoms with van der Waals surface area (Å²) >= 11 is 0. The molecular formula is C19H30F2IN3O2. The molecule has 2 rings (SSSR count). The number of aliphatic imine (C=N–C) groups is 1. The Morgan fingerprint density at radius 3 is 2.78 bits per heavy atom. The summed E-state index contributed by atoms with van der Waals surface area (Å²) in [6, 6.07) is 3.40. The van der Waals surface area contributed by atoms with Crippen LogP contribution in [0.25, 0.3) is 0 Å². The molecule has 1 aromatic carbocycles. The Bertz CT molecular complexity index is 570. The monoisotopic (exact) mass is 497 g/mol. The SMILES string of the molecule is CCNC(=NCc1cc(F)ccc1F)NCCCOCC1CCOCC1.I. The van der Waals surface area contributed by atoms with Crippen molar-refractivity contribution in [2.45, 2.75) is 32.7 Å². The van der Waals surface area contributed by atoms with Gasteiger partial charge in [0.05, 0.1) is 6.54 Å². The van der Waals surface area contributed by atoms with Gasteiger partial charge in [-0.3, -0.25) is 0 Å². The van der Waals surface area contributed by atoms with E-state index < -0.39 is 11.6 Å². The molecule has 154 valence electrons. The zero-order valence-corrected chi connectivity index (χ0v) is 18.1. The first-order valence-corrected chi connectivity index (χ1v) is 9.30. The topological polar surface area (TPSA) is 54.9 Å². The Morgan fingerprint density at radius 1 is 1.26 bits per heavy atom. The highest BCUT2D eigenvalue weighted by Gasteiger charge is 2.13. The number of hydrogen-bond acceptors (Lipinski definition) is 3. The normalized spacial score (nSPS) is 15.3. The third kappa shape index (κ3) is 9.66. The molecule has 2 N–H and O–H groups in total. The van der Waals surface area contributed by atoms with Crippen LogP contribution in [0.5, 0.6) is 0 Å². The quantitative estimate of drug-likeness (QED) is 0.238. The number of benzene rings is 1. The van der Waals surface area contributed by atoms with Gasteiger partial charge >= 0.3 is 0 Å². The van der Waals surface area contributed by atoms with Crippen LogP contribution in [0.2, 0.25) is 0 Å². The van der Waals surface area contributed by atoms with Gasteiger partial charge in [0, 0.05) is 45.1 Å². The van der Waals surface area contributed by atoms with Crippen LogP contribution >= 0.6 is 24.0 Å². The van der Waals surface area contributed by atoms with E-state index in [0.29, 0.717) is 31.6 Å². The summed E-state index contributed by atoms with van der Waals surface area (Å²) in [5, 5.41) is 6.28. The first kappa shape index (κ1) is 24.0. The zero-order valence-electron chi connectivity index (χ0n) is 15.8. The molecule has 0 bridgehead atoms. The lowest BCUT2D eigenvalue weighted by molar-refractivity contribution is 0.0203. The van der Waals surface area contributed by atoms with E-state index in [2.05, 4.69) is 15.6 Å². The maximum atomic E-state index is 13.6. The molecule has 1 saturated heterocycles. The molecule has 1 aromatic rings. The van der Waals surface area contributed by atoms with Gasteiger partial charge in [-0.2, -0.15) is 0 Å². The minimum absolute atomic E-state index is 0. The molecular weight excluding hydrogens is 467 g/mol. The van der Waals surface area contributed by atoms with Crippen molar-refractivity contribution in [2.24, 2.45) is 10.9 Å². The molecule has 1 aliphatic rings. The van der Waals surface area contributed by atoms with Crippen molar-refractivity contribution in [1.82, 2.24) is 10.6 Å². The highest BCUT2D eigenvalue weighted by atomic mass is 127. The van der Waals surface area contributed by atoms with Crippen molar-refractivity contribution in [2.75, 3.05) is 39.5 Å². The molecule has 0 amide bonds. The Hall–Kier alpha value is -1.00. The van der Waals surface area contributed by atoms with Crippen molar-refractivity contribution >= 4 is 29.9 Å². The van der Waals surface area contributed by atoms with Crippen molar-refractivity contribution in [3.63, 3.8) is 0 Å². The second kappa shape index (κ2) is 14.1. The third-order valence-electron chi connectivity index (χ3n) is 4.21. The lowest BCUT2D eigenvalue weighted by atomic mass is 10.0. The van der Waals surface area contributed by atoms with Gasteiger partial charge in [0.15, 0.2) is 5.96 Å². The molecule has 5 nitrogen and oxygen atoms in total. The lowest BCUT2D eigenvalue weighted by Gasteiger charge is -2.21. The lowest BCUT2D eigenvalue weighted by Crippen LogP contribution is -2.38. The molecule has 1 aliphatic heterocycles. The Labute approximate surface area is 177 Å². The van der Waals surface area contributed by atoms with E-state index >= 15 is 0 Å². The smallest absolute Gasteiger partial charge is 0.191 e. The van der Waals surface area contributed by atoms with Gasteiger partial charge in [-0.25, -0.2) is 13.8 Å². The van der Waals surface area contributed by atoms with E-state index in [0.717, 1.165) is 51.2 Å². The number of guanidine groups is 1. The second-order valence-electron chi connectivity index (χ2n) is 6.34. The van der Waals surface area contributed by atoms with E-state index in [1.54, 1.807) is 0 Å². The summed E-state index contributed by atoms with van der Waals surface area (Å²) in [7, 11) is 0.